The molecule has 1 heterocycles. The van der Waals surface area contributed by atoms with E-state index in [0.717, 1.165) is 12.1 Å². The van der Waals surface area contributed by atoms with Gasteiger partial charge in [0.2, 0.25) is 0 Å². The van der Waals surface area contributed by atoms with Crippen molar-refractivity contribution in [2.24, 2.45) is 0 Å². The summed E-state index contributed by atoms with van der Waals surface area (Å²) in [6.07, 6.45) is -4.37. The molecule has 4 nitrogen and oxygen atoms in total. The van der Waals surface area contributed by atoms with Crippen molar-refractivity contribution in [1.29, 1.82) is 0 Å². The highest BCUT2D eigenvalue weighted by Gasteiger charge is 2.30. The molecule has 106 valence electrons. The molecule has 1 atom stereocenters. The van der Waals surface area contributed by atoms with Gasteiger partial charge in [-0.1, -0.05) is 19.1 Å². The van der Waals surface area contributed by atoms with Gasteiger partial charge < -0.3 is 5.11 Å². The van der Waals surface area contributed by atoms with Crippen molar-refractivity contribution in [3.63, 3.8) is 0 Å². The molecule has 0 radical (unpaired) electrons. The second-order valence-electron chi connectivity index (χ2n) is 4.36. The van der Waals surface area contributed by atoms with Crippen molar-refractivity contribution in [2.75, 3.05) is 0 Å². The fourth-order valence-corrected chi connectivity index (χ4v) is 1.81. The molecule has 0 fully saturated rings. The van der Waals surface area contributed by atoms with Crippen LogP contribution in [0.25, 0.3) is 0 Å². The topological polar surface area (TPSA) is 66.0 Å². The van der Waals surface area contributed by atoms with Crippen molar-refractivity contribution in [3.8, 4) is 0 Å². The minimum absolute atomic E-state index is 0.126. The van der Waals surface area contributed by atoms with Crippen LogP contribution in [-0.2, 0) is 6.18 Å². The van der Waals surface area contributed by atoms with Gasteiger partial charge >= 0.3 is 12.1 Å². The number of H-pyrrole nitrogens is 1. The summed E-state index contributed by atoms with van der Waals surface area (Å²) in [5.74, 6) is -1.44. The molecule has 2 rings (SSSR count). The van der Waals surface area contributed by atoms with Crippen LogP contribution in [0.1, 0.15) is 40.2 Å². The highest BCUT2D eigenvalue weighted by Crippen LogP contribution is 2.31. The minimum atomic E-state index is -4.37. The van der Waals surface area contributed by atoms with Gasteiger partial charge in [0.25, 0.3) is 0 Å². The first kappa shape index (κ1) is 14.1. The molecule has 1 aromatic heterocycles. The number of carboxylic acid groups (broad SMARTS) is 1. The monoisotopic (exact) mass is 284 g/mol. The van der Waals surface area contributed by atoms with E-state index in [0.29, 0.717) is 11.3 Å². The van der Waals surface area contributed by atoms with Crippen LogP contribution in [0.2, 0.25) is 0 Å². The zero-order chi connectivity index (χ0) is 14.9. The summed E-state index contributed by atoms with van der Waals surface area (Å²) in [6.45, 7) is 1.75. The minimum Gasteiger partial charge on any atom is -0.476 e. The van der Waals surface area contributed by atoms with Crippen LogP contribution in [0.5, 0.6) is 0 Å². The van der Waals surface area contributed by atoms with Gasteiger partial charge in [-0.05, 0) is 23.8 Å². The fraction of sp³-hybridized carbons (Fsp3) is 0.231. The van der Waals surface area contributed by atoms with E-state index in [1.54, 1.807) is 6.92 Å². The van der Waals surface area contributed by atoms with Crippen molar-refractivity contribution in [1.82, 2.24) is 10.2 Å². The number of nitrogens with zero attached hydrogens (tertiary/aromatic N) is 1. The van der Waals surface area contributed by atoms with Crippen LogP contribution in [0.4, 0.5) is 13.2 Å². The Morgan fingerprint density at radius 2 is 1.90 bits per heavy atom. The largest absolute Gasteiger partial charge is 0.476 e. The molecule has 0 saturated heterocycles. The van der Waals surface area contributed by atoms with Crippen molar-refractivity contribution in [2.45, 2.75) is 19.0 Å². The highest BCUT2D eigenvalue weighted by atomic mass is 19.4. The molecular weight excluding hydrogens is 273 g/mol. The lowest BCUT2D eigenvalue weighted by Gasteiger charge is -2.11. The van der Waals surface area contributed by atoms with Gasteiger partial charge in [-0.15, -0.1) is 0 Å². The summed E-state index contributed by atoms with van der Waals surface area (Å²) < 4.78 is 37.4. The Morgan fingerprint density at radius 1 is 1.30 bits per heavy atom. The maximum atomic E-state index is 12.5. The Bertz CT molecular complexity index is 617. The number of hydrogen-bond acceptors (Lipinski definition) is 2. The van der Waals surface area contributed by atoms with E-state index in [4.69, 9.17) is 5.11 Å². The summed E-state index contributed by atoms with van der Waals surface area (Å²) in [5, 5.41) is 15.0. The normalized spacial score (nSPS) is 13.2. The number of nitrogens with one attached hydrogen (secondary N) is 1. The Kier molecular flexibility index (Phi) is 3.52. The van der Waals surface area contributed by atoms with Crippen molar-refractivity contribution >= 4 is 5.97 Å². The van der Waals surface area contributed by atoms with Gasteiger partial charge in [-0.3, -0.25) is 5.10 Å². The zero-order valence-electron chi connectivity index (χ0n) is 10.4. The molecular formula is C13H11F3N2O2. The Labute approximate surface area is 112 Å². The predicted octanol–water partition coefficient (Wildman–Crippen LogP) is 3.28. The molecule has 0 saturated carbocycles. The maximum absolute atomic E-state index is 12.5. The van der Waals surface area contributed by atoms with Gasteiger partial charge in [0, 0.05) is 11.6 Å². The number of hydrogen-bond donors (Lipinski definition) is 2. The van der Waals surface area contributed by atoms with E-state index >= 15 is 0 Å². The molecule has 1 aromatic carbocycles. The summed E-state index contributed by atoms with van der Waals surface area (Å²) in [6, 6.07) is 6.11. The molecule has 7 heteroatoms. The number of rotatable bonds is 3. The first-order valence-corrected chi connectivity index (χ1v) is 5.75. The lowest BCUT2D eigenvalue weighted by atomic mass is 9.96. The third-order valence-electron chi connectivity index (χ3n) is 3.02. The maximum Gasteiger partial charge on any atom is 0.416 e. The lowest BCUT2D eigenvalue weighted by molar-refractivity contribution is -0.137. The molecule has 20 heavy (non-hydrogen) atoms. The Hall–Kier alpha value is -2.31. The zero-order valence-corrected chi connectivity index (χ0v) is 10.4. The summed E-state index contributed by atoms with van der Waals surface area (Å²) in [5.41, 5.74) is 0.323. The van der Waals surface area contributed by atoms with Gasteiger partial charge in [-0.25, -0.2) is 4.79 Å². The number of carboxylic acids is 1. The summed E-state index contributed by atoms with van der Waals surface area (Å²) in [4.78, 5) is 10.7. The first-order valence-electron chi connectivity index (χ1n) is 5.75. The number of aromatic carboxylic acids is 1. The van der Waals surface area contributed by atoms with E-state index in [-0.39, 0.29) is 11.6 Å². The SMILES string of the molecule is CC(c1ccc(C(F)(F)F)cc1)c1cc(C(=O)O)n[nH]1. The average molecular weight is 284 g/mol. The van der Waals surface area contributed by atoms with Crippen LogP contribution >= 0.6 is 0 Å². The Balaban J connectivity index is 2.24. The van der Waals surface area contributed by atoms with Crippen LogP contribution in [0.3, 0.4) is 0 Å². The highest BCUT2D eigenvalue weighted by molar-refractivity contribution is 5.85. The smallest absolute Gasteiger partial charge is 0.416 e. The number of halogens is 3. The van der Waals surface area contributed by atoms with Gasteiger partial charge in [-0.2, -0.15) is 18.3 Å². The van der Waals surface area contributed by atoms with Crippen LogP contribution < -0.4 is 0 Å². The standard InChI is InChI=1S/C13H11F3N2O2/c1-7(10-6-11(12(19)20)18-17-10)8-2-4-9(5-3-8)13(14,15)16/h2-7H,1H3,(H,17,18)(H,19,20). The molecule has 0 aliphatic carbocycles. The van der Waals surface area contributed by atoms with Crippen molar-refractivity contribution < 1.29 is 23.1 Å². The summed E-state index contributed by atoms with van der Waals surface area (Å²) in [7, 11) is 0. The second-order valence-corrected chi connectivity index (χ2v) is 4.36. The number of alkyl halides is 3. The van der Waals surface area contributed by atoms with E-state index in [9.17, 15) is 18.0 Å². The number of aromatic amines is 1. The van der Waals surface area contributed by atoms with Gasteiger partial charge in [0.1, 0.15) is 0 Å². The first-order chi connectivity index (χ1) is 9.29. The molecule has 0 spiro atoms. The molecule has 0 amide bonds. The van der Waals surface area contributed by atoms with Crippen LogP contribution in [-0.4, -0.2) is 21.3 Å². The van der Waals surface area contributed by atoms with Gasteiger partial charge in [0.05, 0.1) is 5.56 Å². The van der Waals surface area contributed by atoms with Crippen molar-refractivity contribution in [3.05, 3.63) is 52.8 Å². The van der Waals surface area contributed by atoms with Gasteiger partial charge in [0.15, 0.2) is 5.69 Å². The fourth-order valence-electron chi connectivity index (χ4n) is 1.81. The third kappa shape index (κ3) is 2.81. The van der Waals surface area contributed by atoms with E-state index in [2.05, 4.69) is 10.2 Å². The average Bonchev–Trinajstić information content (AvgIpc) is 2.86. The Morgan fingerprint density at radius 3 is 2.35 bits per heavy atom. The lowest BCUT2D eigenvalue weighted by Crippen LogP contribution is -2.05. The van der Waals surface area contributed by atoms with E-state index in [1.165, 1.54) is 18.2 Å². The molecule has 2 aromatic rings. The van der Waals surface area contributed by atoms with E-state index in [1.807, 2.05) is 0 Å². The predicted molar refractivity (Wildman–Crippen MR) is 64.5 cm³/mol. The molecule has 0 aliphatic heterocycles. The number of benzene rings is 1. The number of aromatic nitrogens is 2. The van der Waals surface area contributed by atoms with Crippen LogP contribution in [0.15, 0.2) is 30.3 Å². The quantitative estimate of drug-likeness (QED) is 0.909. The molecule has 0 bridgehead atoms. The molecule has 0 aliphatic rings. The third-order valence-corrected chi connectivity index (χ3v) is 3.02. The molecule has 2 N–H and O–H groups in total. The van der Waals surface area contributed by atoms with Crippen LogP contribution in [0, 0.1) is 0 Å². The summed E-state index contributed by atoms with van der Waals surface area (Å²) >= 11 is 0. The van der Waals surface area contributed by atoms with E-state index < -0.39 is 17.7 Å². The number of carbonyl (C=O) groups is 1. The second kappa shape index (κ2) is 4.99. The molecule has 1 unspecified atom stereocenters.